The number of sulfonamides is 1. The van der Waals surface area contributed by atoms with Gasteiger partial charge in [0.25, 0.3) is 0 Å². The Morgan fingerprint density at radius 2 is 1.81 bits per heavy atom. The monoisotopic (exact) mass is 344 g/mol. The van der Waals surface area contributed by atoms with Crippen molar-refractivity contribution >= 4 is 38.8 Å². The van der Waals surface area contributed by atoms with E-state index in [4.69, 9.17) is 0 Å². The predicted molar refractivity (Wildman–Crippen MR) is 75.1 cm³/mol. The van der Waals surface area contributed by atoms with Crippen molar-refractivity contribution in [2.45, 2.75) is 6.54 Å². The predicted octanol–water partition coefficient (Wildman–Crippen LogP) is 2.04. The van der Waals surface area contributed by atoms with E-state index in [9.17, 15) is 25.7 Å². The number of fused-ring (bicyclic) bond motifs is 1. The number of aromatic nitrogens is 1. The maximum atomic E-state index is 11.3. The van der Waals surface area contributed by atoms with Crippen molar-refractivity contribution in [2.75, 3.05) is 12.8 Å². The average molecular weight is 344 g/mol. The summed E-state index contributed by atoms with van der Waals surface area (Å²) in [6.45, 7) is 0.479. The maximum absolute atomic E-state index is 11.3. The molecular formula is C10H13BF4N2O2S2. The topological polar surface area (TPSA) is 50.1 Å². The van der Waals surface area contributed by atoms with Crippen LogP contribution in [-0.4, -0.2) is 28.5 Å². The van der Waals surface area contributed by atoms with Crippen molar-refractivity contribution in [3.63, 3.8) is 0 Å². The van der Waals surface area contributed by atoms with Crippen LogP contribution in [0.15, 0.2) is 29.8 Å². The Morgan fingerprint density at radius 3 is 2.38 bits per heavy atom. The standard InChI is InChI=1S/C10H13N2O2S2.BF4/c1-11-16(13,14)7-6-12-8-15-10-5-3-2-4-9(10)12;2-1(3,4)5/h2-5,8,11H,6-7H2,1H3;/q+1;-1. The smallest absolute Gasteiger partial charge is 0.418 e. The Labute approximate surface area is 123 Å². The molecule has 118 valence electrons. The number of hydrogen-bond acceptors (Lipinski definition) is 3. The van der Waals surface area contributed by atoms with Gasteiger partial charge in [-0.1, -0.05) is 23.5 Å². The van der Waals surface area contributed by atoms with Gasteiger partial charge in [-0.25, -0.2) is 13.1 Å². The van der Waals surface area contributed by atoms with Gasteiger partial charge in [-0.05, 0) is 13.1 Å². The fourth-order valence-corrected chi connectivity index (χ4v) is 3.03. The first-order valence-corrected chi connectivity index (χ1v) is 8.30. The Balaban J connectivity index is 0.000000383. The van der Waals surface area contributed by atoms with Crippen molar-refractivity contribution in [3.8, 4) is 0 Å². The van der Waals surface area contributed by atoms with Crippen LogP contribution in [0.4, 0.5) is 17.3 Å². The van der Waals surface area contributed by atoms with Gasteiger partial charge in [0.1, 0.15) is 10.5 Å². The largest absolute Gasteiger partial charge is 0.673 e. The second-order valence-corrected chi connectivity index (χ2v) is 6.83. The van der Waals surface area contributed by atoms with E-state index < -0.39 is 17.3 Å². The molecule has 4 nitrogen and oxygen atoms in total. The molecule has 0 amide bonds. The van der Waals surface area contributed by atoms with Gasteiger partial charge in [-0.3, -0.25) is 0 Å². The van der Waals surface area contributed by atoms with E-state index in [0.717, 1.165) is 5.52 Å². The highest BCUT2D eigenvalue weighted by Crippen LogP contribution is 2.14. The summed E-state index contributed by atoms with van der Waals surface area (Å²) in [5.41, 5.74) is 3.04. The first-order chi connectivity index (χ1) is 9.62. The molecule has 2 rings (SSSR count). The van der Waals surface area contributed by atoms with Crippen molar-refractivity contribution in [2.24, 2.45) is 0 Å². The van der Waals surface area contributed by atoms with Gasteiger partial charge in [-0.2, -0.15) is 4.57 Å². The number of rotatable bonds is 4. The van der Waals surface area contributed by atoms with Gasteiger partial charge in [0.2, 0.25) is 21.1 Å². The lowest BCUT2D eigenvalue weighted by atomic mass is 10.3. The molecule has 21 heavy (non-hydrogen) atoms. The molecule has 0 radical (unpaired) electrons. The van der Waals surface area contributed by atoms with E-state index in [-0.39, 0.29) is 5.75 Å². The van der Waals surface area contributed by atoms with Gasteiger partial charge in [0.05, 0.1) is 0 Å². The van der Waals surface area contributed by atoms with E-state index in [1.807, 2.05) is 34.3 Å². The minimum absolute atomic E-state index is 0.106. The molecule has 0 saturated carbocycles. The molecule has 1 N–H and O–H groups in total. The maximum Gasteiger partial charge on any atom is 0.673 e. The Kier molecular flexibility index (Phi) is 6.11. The molecule has 0 bridgehead atoms. The van der Waals surface area contributed by atoms with Gasteiger partial charge in [0.15, 0.2) is 6.54 Å². The minimum Gasteiger partial charge on any atom is -0.418 e. The van der Waals surface area contributed by atoms with Crippen LogP contribution in [-0.2, 0) is 16.6 Å². The lowest BCUT2D eigenvalue weighted by Gasteiger charge is -1.98. The van der Waals surface area contributed by atoms with E-state index in [1.165, 1.54) is 11.7 Å². The Hall–Kier alpha value is -1.20. The van der Waals surface area contributed by atoms with Crippen LogP contribution in [0.5, 0.6) is 0 Å². The summed E-state index contributed by atoms with van der Waals surface area (Å²) in [6, 6.07) is 7.96. The van der Waals surface area contributed by atoms with Gasteiger partial charge >= 0.3 is 7.25 Å². The lowest BCUT2D eigenvalue weighted by molar-refractivity contribution is -0.662. The molecule has 0 atom stereocenters. The van der Waals surface area contributed by atoms with Gasteiger partial charge in [-0.15, -0.1) is 0 Å². The second-order valence-electron chi connectivity index (χ2n) is 3.90. The van der Waals surface area contributed by atoms with Crippen molar-refractivity contribution < 1.29 is 30.2 Å². The minimum atomic E-state index is -6.00. The Bertz CT molecular complexity index is 682. The van der Waals surface area contributed by atoms with E-state index in [2.05, 4.69) is 4.72 Å². The number of para-hydroxylation sites is 1. The van der Waals surface area contributed by atoms with Crippen molar-refractivity contribution in [3.05, 3.63) is 29.8 Å². The van der Waals surface area contributed by atoms with E-state index in [1.54, 1.807) is 11.3 Å². The molecule has 11 heteroatoms. The third-order valence-corrected chi connectivity index (χ3v) is 4.69. The molecule has 1 aromatic heterocycles. The molecule has 0 fully saturated rings. The summed E-state index contributed by atoms with van der Waals surface area (Å²) in [6.07, 6.45) is 0. The van der Waals surface area contributed by atoms with E-state index in [0.29, 0.717) is 6.54 Å². The summed E-state index contributed by atoms with van der Waals surface area (Å²) in [5, 5.41) is 0. The lowest BCUT2D eigenvalue weighted by Crippen LogP contribution is -2.37. The van der Waals surface area contributed by atoms with Crippen LogP contribution in [0, 0.1) is 0 Å². The zero-order chi connectivity index (χ0) is 16.1. The molecule has 1 heterocycles. The summed E-state index contributed by atoms with van der Waals surface area (Å²) in [7, 11) is -7.69. The molecule has 0 spiro atoms. The first-order valence-electron chi connectivity index (χ1n) is 5.76. The molecular weight excluding hydrogens is 331 g/mol. The number of hydrogen-bond donors (Lipinski definition) is 1. The van der Waals surface area contributed by atoms with Crippen LogP contribution in [0.1, 0.15) is 0 Å². The molecule has 1 aromatic carbocycles. The van der Waals surface area contributed by atoms with Crippen LogP contribution < -0.4 is 9.29 Å². The number of benzene rings is 1. The number of nitrogens with zero attached hydrogens (tertiary/aromatic N) is 1. The van der Waals surface area contributed by atoms with Crippen LogP contribution in [0.2, 0.25) is 0 Å². The van der Waals surface area contributed by atoms with E-state index >= 15 is 0 Å². The third kappa shape index (κ3) is 6.87. The highest BCUT2D eigenvalue weighted by Gasteiger charge is 2.20. The van der Waals surface area contributed by atoms with Gasteiger partial charge in [0, 0.05) is 6.07 Å². The highest BCUT2D eigenvalue weighted by molar-refractivity contribution is 7.89. The molecule has 0 aliphatic carbocycles. The summed E-state index contributed by atoms with van der Waals surface area (Å²) >= 11 is 1.62. The fourth-order valence-electron chi connectivity index (χ4n) is 1.47. The molecule has 0 unspecified atom stereocenters. The molecule has 2 aromatic rings. The first kappa shape index (κ1) is 17.9. The fraction of sp³-hybridized carbons (Fsp3) is 0.300. The SMILES string of the molecule is CNS(=O)(=O)CC[n+]1csc2ccccc21.F[B-](F)(F)F. The zero-order valence-electron chi connectivity index (χ0n) is 11.0. The van der Waals surface area contributed by atoms with Crippen molar-refractivity contribution in [1.29, 1.82) is 0 Å². The number of aryl methyl sites for hydroxylation is 1. The number of halogens is 4. The summed E-state index contributed by atoms with van der Waals surface area (Å²) in [4.78, 5) is 0. The summed E-state index contributed by atoms with van der Waals surface area (Å²) < 4.78 is 67.1. The molecule has 0 aliphatic heterocycles. The Morgan fingerprint density at radius 1 is 1.24 bits per heavy atom. The van der Waals surface area contributed by atoms with Gasteiger partial charge < -0.3 is 17.3 Å². The zero-order valence-corrected chi connectivity index (χ0v) is 12.6. The summed E-state index contributed by atoms with van der Waals surface area (Å²) in [5.74, 6) is 0.106. The third-order valence-electron chi connectivity index (χ3n) is 2.39. The normalized spacial score (nSPS) is 12.0. The van der Waals surface area contributed by atoms with Crippen LogP contribution in [0.3, 0.4) is 0 Å². The highest BCUT2D eigenvalue weighted by atomic mass is 32.2. The molecule has 0 saturated heterocycles. The average Bonchev–Trinajstić information content (AvgIpc) is 2.78. The molecule has 0 aliphatic rings. The number of thiazole rings is 1. The van der Waals surface area contributed by atoms with Crippen molar-refractivity contribution in [1.82, 2.24) is 4.72 Å². The van der Waals surface area contributed by atoms with Crippen LogP contribution >= 0.6 is 11.3 Å². The van der Waals surface area contributed by atoms with Crippen LogP contribution in [0.25, 0.3) is 10.2 Å². The quantitative estimate of drug-likeness (QED) is 0.524. The number of nitrogens with one attached hydrogen (secondary N) is 1. The second kappa shape index (κ2) is 7.18.